The highest BCUT2D eigenvalue weighted by molar-refractivity contribution is 5.13. The molecule has 14 heavy (non-hydrogen) atoms. The van der Waals surface area contributed by atoms with E-state index in [-0.39, 0.29) is 0 Å². The molecule has 2 N–H and O–H groups in total. The lowest BCUT2D eigenvalue weighted by Crippen LogP contribution is -1.92. The number of hydrogen-bond donors (Lipinski definition) is 2. The van der Waals surface area contributed by atoms with Gasteiger partial charge in [0.2, 0.25) is 0 Å². The van der Waals surface area contributed by atoms with Crippen LogP contribution in [0.2, 0.25) is 0 Å². The normalized spacial score (nSPS) is 10.7. The zero-order valence-corrected chi connectivity index (χ0v) is 8.59. The monoisotopic (exact) mass is 189 g/mol. The quantitative estimate of drug-likeness (QED) is 0.763. The van der Waals surface area contributed by atoms with Crippen LogP contribution in [0.4, 0.5) is 0 Å². The Hall–Kier alpha value is -1.51. The van der Waals surface area contributed by atoms with E-state index in [1.807, 2.05) is 13.1 Å². The van der Waals surface area contributed by atoms with Crippen molar-refractivity contribution >= 4 is 0 Å². The van der Waals surface area contributed by atoms with E-state index in [4.69, 9.17) is 0 Å². The first-order chi connectivity index (χ1) is 6.74. The van der Waals surface area contributed by atoms with Crippen LogP contribution in [0.15, 0.2) is 18.3 Å². The van der Waals surface area contributed by atoms with Gasteiger partial charge in [0.15, 0.2) is 0 Å². The summed E-state index contributed by atoms with van der Waals surface area (Å²) >= 11 is 0. The third kappa shape index (κ3) is 2.05. The zero-order chi connectivity index (χ0) is 9.97. The number of aryl methyl sites for hydroxylation is 4. The van der Waals surface area contributed by atoms with Crippen LogP contribution in [0.5, 0.6) is 0 Å². The van der Waals surface area contributed by atoms with Crippen LogP contribution in [0, 0.1) is 13.8 Å². The van der Waals surface area contributed by atoms with Crippen LogP contribution in [0.1, 0.15) is 22.9 Å². The first-order valence-electron chi connectivity index (χ1n) is 4.89. The molecule has 0 spiro atoms. The maximum atomic E-state index is 4.17. The zero-order valence-electron chi connectivity index (χ0n) is 8.59. The Morgan fingerprint density at radius 1 is 1.07 bits per heavy atom. The Kier molecular flexibility index (Phi) is 2.39. The van der Waals surface area contributed by atoms with Crippen molar-refractivity contribution in [3.8, 4) is 0 Å². The molecule has 0 aliphatic rings. The maximum Gasteiger partial charge on any atom is 0.103 e. The lowest BCUT2D eigenvalue weighted by atomic mass is 10.2. The van der Waals surface area contributed by atoms with Gasteiger partial charge >= 0.3 is 0 Å². The molecule has 2 aromatic rings. The van der Waals surface area contributed by atoms with E-state index in [0.717, 1.165) is 18.7 Å². The Morgan fingerprint density at radius 2 is 1.86 bits per heavy atom. The highest BCUT2D eigenvalue weighted by Crippen LogP contribution is 2.05. The molecular formula is C11H15N3. The molecule has 0 aliphatic carbocycles. The lowest BCUT2D eigenvalue weighted by molar-refractivity contribution is 0.889. The van der Waals surface area contributed by atoms with E-state index in [2.05, 4.69) is 34.0 Å². The number of hydrogen-bond acceptors (Lipinski definition) is 1. The van der Waals surface area contributed by atoms with Gasteiger partial charge in [0.1, 0.15) is 5.82 Å². The second kappa shape index (κ2) is 3.70. The van der Waals surface area contributed by atoms with Crippen molar-refractivity contribution < 1.29 is 0 Å². The van der Waals surface area contributed by atoms with Crippen molar-refractivity contribution in [1.29, 1.82) is 0 Å². The van der Waals surface area contributed by atoms with Crippen LogP contribution in [-0.4, -0.2) is 15.0 Å². The smallest absolute Gasteiger partial charge is 0.103 e. The van der Waals surface area contributed by atoms with Crippen LogP contribution in [0.25, 0.3) is 0 Å². The summed E-state index contributed by atoms with van der Waals surface area (Å²) in [5.41, 5.74) is 3.71. The molecular weight excluding hydrogens is 174 g/mol. The second-order valence-electron chi connectivity index (χ2n) is 3.66. The molecule has 0 saturated heterocycles. The van der Waals surface area contributed by atoms with E-state index in [0.29, 0.717) is 0 Å². The molecule has 0 atom stereocenters. The summed E-state index contributed by atoms with van der Waals surface area (Å²) in [6.07, 6.45) is 3.96. The first kappa shape index (κ1) is 9.06. The first-order valence-corrected chi connectivity index (χ1v) is 4.89. The van der Waals surface area contributed by atoms with Gasteiger partial charge in [0, 0.05) is 23.3 Å². The van der Waals surface area contributed by atoms with Crippen molar-refractivity contribution in [3.63, 3.8) is 0 Å². The molecule has 0 aromatic carbocycles. The fourth-order valence-electron chi connectivity index (χ4n) is 1.58. The Labute approximate surface area is 83.6 Å². The van der Waals surface area contributed by atoms with Crippen LogP contribution in [0.3, 0.4) is 0 Å². The average molecular weight is 189 g/mol. The fraction of sp³-hybridized carbons (Fsp3) is 0.364. The van der Waals surface area contributed by atoms with Gasteiger partial charge in [0.05, 0.1) is 0 Å². The molecule has 3 nitrogen and oxygen atoms in total. The highest BCUT2D eigenvalue weighted by atomic mass is 14.9. The van der Waals surface area contributed by atoms with Crippen molar-refractivity contribution in [2.45, 2.75) is 26.7 Å². The van der Waals surface area contributed by atoms with Crippen molar-refractivity contribution in [2.24, 2.45) is 0 Å². The van der Waals surface area contributed by atoms with E-state index in [1.54, 1.807) is 0 Å². The van der Waals surface area contributed by atoms with Gasteiger partial charge in [0.25, 0.3) is 0 Å². The van der Waals surface area contributed by atoms with E-state index >= 15 is 0 Å². The van der Waals surface area contributed by atoms with E-state index in [1.165, 1.54) is 17.1 Å². The molecule has 74 valence electrons. The molecule has 0 radical (unpaired) electrons. The standard InChI is InChI=1S/C11H15N3/c1-8-3-4-10(13-8)5-6-11-7-12-9(2)14-11/h3-4,7,13H,5-6H2,1-2H3,(H,12,14). The van der Waals surface area contributed by atoms with Gasteiger partial charge in [-0.15, -0.1) is 0 Å². The maximum absolute atomic E-state index is 4.17. The number of rotatable bonds is 3. The van der Waals surface area contributed by atoms with Crippen molar-refractivity contribution in [3.05, 3.63) is 41.2 Å². The molecule has 0 fully saturated rings. The highest BCUT2D eigenvalue weighted by Gasteiger charge is 1.99. The van der Waals surface area contributed by atoms with Gasteiger partial charge in [-0.05, 0) is 38.8 Å². The molecule has 2 aromatic heterocycles. The Bertz CT molecular complexity index is 371. The minimum absolute atomic E-state index is 0.989. The van der Waals surface area contributed by atoms with Crippen LogP contribution < -0.4 is 0 Å². The molecule has 3 heteroatoms. The molecule has 0 amide bonds. The van der Waals surface area contributed by atoms with E-state index < -0.39 is 0 Å². The van der Waals surface area contributed by atoms with Gasteiger partial charge in [-0.2, -0.15) is 0 Å². The summed E-state index contributed by atoms with van der Waals surface area (Å²) in [6, 6.07) is 4.24. The number of H-pyrrole nitrogens is 2. The summed E-state index contributed by atoms with van der Waals surface area (Å²) in [5.74, 6) is 0.989. The molecule has 2 rings (SSSR count). The summed E-state index contributed by atoms with van der Waals surface area (Å²) in [4.78, 5) is 10.7. The van der Waals surface area contributed by atoms with Gasteiger partial charge in [-0.3, -0.25) is 0 Å². The number of aromatic amines is 2. The Morgan fingerprint density at radius 3 is 2.43 bits per heavy atom. The van der Waals surface area contributed by atoms with Crippen LogP contribution in [-0.2, 0) is 12.8 Å². The van der Waals surface area contributed by atoms with E-state index in [9.17, 15) is 0 Å². The van der Waals surface area contributed by atoms with Crippen molar-refractivity contribution in [2.75, 3.05) is 0 Å². The van der Waals surface area contributed by atoms with Gasteiger partial charge in [-0.1, -0.05) is 0 Å². The summed E-state index contributed by atoms with van der Waals surface area (Å²) in [6.45, 7) is 4.05. The minimum atomic E-state index is 0.989. The fourth-order valence-corrected chi connectivity index (χ4v) is 1.58. The molecule has 0 saturated carbocycles. The number of imidazole rings is 1. The molecule has 0 unspecified atom stereocenters. The number of nitrogens with one attached hydrogen (secondary N) is 2. The average Bonchev–Trinajstić information content (AvgIpc) is 2.72. The number of aromatic nitrogens is 3. The summed E-state index contributed by atoms with van der Waals surface area (Å²) in [7, 11) is 0. The Balaban J connectivity index is 1.94. The summed E-state index contributed by atoms with van der Waals surface area (Å²) in [5, 5.41) is 0. The molecule has 0 aliphatic heterocycles. The van der Waals surface area contributed by atoms with Crippen molar-refractivity contribution in [1.82, 2.24) is 15.0 Å². The second-order valence-corrected chi connectivity index (χ2v) is 3.66. The SMILES string of the molecule is Cc1ccc(CCc2cnc(C)[nH]2)[nH]1. The molecule has 2 heterocycles. The number of nitrogens with zero attached hydrogens (tertiary/aromatic N) is 1. The van der Waals surface area contributed by atoms with Gasteiger partial charge < -0.3 is 9.97 Å². The third-order valence-electron chi connectivity index (χ3n) is 2.31. The summed E-state index contributed by atoms with van der Waals surface area (Å²) < 4.78 is 0. The predicted molar refractivity (Wildman–Crippen MR) is 56.3 cm³/mol. The topological polar surface area (TPSA) is 44.5 Å². The molecule has 0 bridgehead atoms. The minimum Gasteiger partial charge on any atom is -0.362 e. The third-order valence-corrected chi connectivity index (χ3v) is 2.31. The van der Waals surface area contributed by atoms with Gasteiger partial charge in [-0.25, -0.2) is 4.98 Å². The predicted octanol–water partition coefficient (Wildman–Crippen LogP) is 2.14. The lowest BCUT2D eigenvalue weighted by Gasteiger charge is -1.95. The van der Waals surface area contributed by atoms with Crippen LogP contribution >= 0.6 is 0 Å². The largest absolute Gasteiger partial charge is 0.362 e.